The average Bonchev–Trinajstić information content (AvgIpc) is 3.18. The van der Waals surface area contributed by atoms with Gasteiger partial charge >= 0.3 is 11.9 Å². The fraction of sp³-hybridized carbons (Fsp3) is 0.740. The van der Waals surface area contributed by atoms with E-state index in [1.165, 1.54) is 96.3 Å². The number of carboxylic acids is 1. The van der Waals surface area contributed by atoms with Crippen LogP contribution in [0.4, 0.5) is 0 Å². The number of quaternary nitrogens is 1. The zero-order chi connectivity index (χ0) is 42.8. The topological polar surface area (TPSA) is 102 Å². The first kappa shape index (κ1) is 55.0. The molecule has 0 aliphatic heterocycles. The normalized spacial score (nSPS) is 13.5. The molecule has 8 heteroatoms. The fourth-order valence-electron chi connectivity index (χ4n) is 6.55. The van der Waals surface area contributed by atoms with Crippen molar-refractivity contribution in [1.82, 2.24) is 0 Å². The van der Waals surface area contributed by atoms with Gasteiger partial charge < -0.3 is 28.6 Å². The number of nitrogens with zero attached hydrogens (tertiary/aromatic N) is 1. The number of rotatable bonds is 41. The maximum Gasteiger partial charge on any atom is 0.306 e. The molecule has 58 heavy (non-hydrogen) atoms. The third-order valence-corrected chi connectivity index (χ3v) is 10.2. The molecule has 0 radical (unpaired) electrons. The highest BCUT2D eigenvalue weighted by atomic mass is 16.6. The highest BCUT2D eigenvalue weighted by molar-refractivity contribution is 5.70. The Morgan fingerprint density at radius 2 is 1.00 bits per heavy atom. The highest BCUT2D eigenvalue weighted by Gasteiger charge is 2.25. The number of carbonyl (C=O) groups excluding carboxylic acids is 3. The lowest BCUT2D eigenvalue weighted by Crippen LogP contribution is -2.55. The van der Waals surface area contributed by atoms with Gasteiger partial charge in [0.2, 0.25) is 0 Å². The van der Waals surface area contributed by atoms with Crippen LogP contribution in [0.2, 0.25) is 0 Å². The van der Waals surface area contributed by atoms with E-state index in [1.807, 2.05) is 6.08 Å². The van der Waals surface area contributed by atoms with Gasteiger partial charge in [-0.2, -0.15) is 0 Å². The summed E-state index contributed by atoms with van der Waals surface area (Å²) >= 11 is 0. The minimum atomic E-state index is -1.13. The van der Waals surface area contributed by atoms with Gasteiger partial charge in [-0.05, 0) is 64.2 Å². The summed E-state index contributed by atoms with van der Waals surface area (Å²) in [6.07, 6.45) is 49.8. The van der Waals surface area contributed by atoms with E-state index in [9.17, 15) is 19.5 Å². The van der Waals surface area contributed by atoms with Crippen LogP contribution in [0, 0.1) is 0 Å². The van der Waals surface area contributed by atoms with Crippen molar-refractivity contribution in [3.05, 3.63) is 60.8 Å². The van der Waals surface area contributed by atoms with Crippen LogP contribution in [0.5, 0.6) is 0 Å². The van der Waals surface area contributed by atoms with Crippen molar-refractivity contribution >= 4 is 17.9 Å². The van der Waals surface area contributed by atoms with Crippen molar-refractivity contribution in [1.29, 1.82) is 0 Å². The van der Waals surface area contributed by atoms with Gasteiger partial charge in [0.25, 0.3) is 0 Å². The van der Waals surface area contributed by atoms with Crippen LogP contribution in [0.15, 0.2) is 60.8 Å². The Bertz CT molecular complexity index is 1130. The lowest BCUT2D eigenvalue weighted by Gasteiger charge is -2.34. The van der Waals surface area contributed by atoms with Gasteiger partial charge in [0.05, 0.1) is 40.3 Å². The zero-order valence-electron chi connectivity index (χ0n) is 37.9. The van der Waals surface area contributed by atoms with Crippen LogP contribution in [-0.4, -0.2) is 75.5 Å². The number of carboxylic acid groups (broad SMARTS) is 1. The first-order valence-electron chi connectivity index (χ1n) is 23.3. The van der Waals surface area contributed by atoms with E-state index in [-0.39, 0.29) is 49.1 Å². The van der Waals surface area contributed by atoms with Crippen molar-refractivity contribution in [3.63, 3.8) is 0 Å². The molecule has 334 valence electrons. The summed E-state index contributed by atoms with van der Waals surface area (Å²) in [7, 11) is 5.39. The van der Waals surface area contributed by atoms with Crippen LogP contribution in [0.3, 0.4) is 0 Å². The molecule has 2 atom stereocenters. The molecular formula is C50H87NO7. The molecule has 0 aromatic rings. The van der Waals surface area contributed by atoms with Gasteiger partial charge in [-0.3, -0.25) is 9.59 Å². The number of allylic oxidation sites excluding steroid dienone is 10. The zero-order valence-corrected chi connectivity index (χ0v) is 37.9. The Labute approximate surface area is 356 Å². The largest absolute Gasteiger partial charge is 0.544 e. The molecule has 8 nitrogen and oxygen atoms in total. The number of hydrogen-bond donors (Lipinski definition) is 0. The Hall–Kier alpha value is -2.97. The molecule has 0 spiro atoms. The van der Waals surface area contributed by atoms with Crippen molar-refractivity contribution in [2.45, 2.75) is 199 Å². The molecule has 0 amide bonds. The third kappa shape index (κ3) is 38.5. The molecule has 0 heterocycles. The van der Waals surface area contributed by atoms with Gasteiger partial charge in [0.1, 0.15) is 12.6 Å². The molecule has 0 saturated heterocycles. The maximum absolute atomic E-state index is 12.7. The van der Waals surface area contributed by atoms with E-state index in [2.05, 4.69) is 68.5 Å². The predicted octanol–water partition coefficient (Wildman–Crippen LogP) is 11.6. The summed E-state index contributed by atoms with van der Waals surface area (Å²) in [4.78, 5) is 36.8. The average molecular weight is 814 g/mol. The maximum atomic E-state index is 12.7. The van der Waals surface area contributed by atoms with Crippen LogP contribution in [0.1, 0.15) is 187 Å². The summed E-state index contributed by atoms with van der Waals surface area (Å²) in [6, 6.07) is -0.736. The smallest absolute Gasteiger partial charge is 0.306 e. The molecule has 0 saturated carbocycles. The molecule has 0 rings (SSSR count). The standard InChI is InChI=1S/C50H87NO7/c1-6-8-10-12-14-16-18-20-21-22-23-24-25-26-27-29-30-32-34-36-38-40-48(52)57-45-46(44-56-43-42-47(50(54)55)51(3,4)5)58-49(53)41-39-37-35-33-31-28-19-17-15-13-11-9-7-2/h8,10,14,16,20-21,28,31,35,37,46-47H,6-7,9,11-13,15,17-19,22-27,29-30,32-34,36,38-45H2,1-5H3/b10-8+,16-14+,21-20+,31-28+,37-35+. The second-order valence-electron chi connectivity index (χ2n) is 16.6. The number of ether oxygens (including phenoxy) is 3. The van der Waals surface area contributed by atoms with E-state index in [1.54, 1.807) is 21.1 Å². The second kappa shape index (κ2) is 40.8. The Morgan fingerprint density at radius 1 is 0.534 bits per heavy atom. The Balaban J connectivity index is 4.30. The van der Waals surface area contributed by atoms with Crippen molar-refractivity contribution < 1.29 is 38.2 Å². The number of aliphatic carboxylic acids is 1. The summed E-state index contributed by atoms with van der Waals surface area (Å²) < 4.78 is 17.1. The molecule has 0 N–H and O–H groups in total. The van der Waals surface area contributed by atoms with E-state index in [0.717, 1.165) is 51.4 Å². The van der Waals surface area contributed by atoms with E-state index < -0.39 is 18.1 Å². The van der Waals surface area contributed by atoms with Crippen molar-refractivity contribution in [2.24, 2.45) is 0 Å². The lowest BCUT2D eigenvalue weighted by molar-refractivity contribution is -0.889. The van der Waals surface area contributed by atoms with Crippen LogP contribution >= 0.6 is 0 Å². The molecule has 0 bridgehead atoms. The number of hydrogen-bond acceptors (Lipinski definition) is 7. The number of carbonyl (C=O) groups is 3. The summed E-state index contributed by atoms with van der Waals surface area (Å²) in [5.74, 6) is -1.83. The number of likely N-dealkylation sites (N-methyl/N-ethyl adjacent to an activating group) is 1. The minimum absolute atomic E-state index is 0.0162. The van der Waals surface area contributed by atoms with Gasteiger partial charge in [-0.25, -0.2) is 0 Å². The van der Waals surface area contributed by atoms with E-state index in [0.29, 0.717) is 12.8 Å². The van der Waals surface area contributed by atoms with Gasteiger partial charge in [-0.1, -0.05) is 164 Å². The second-order valence-corrected chi connectivity index (χ2v) is 16.6. The highest BCUT2D eigenvalue weighted by Crippen LogP contribution is 2.14. The summed E-state index contributed by atoms with van der Waals surface area (Å²) in [5, 5.41) is 11.6. The van der Waals surface area contributed by atoms with Gasteiger partial charge in [0, 0.05) is 19.3 Å². The number of unbranched alkanes of at least 4 members (excludes halogenated alkanes) is 17. The Kier molecular flexibility index (Phi) is 38.7. The molecule has 2 unspecified atom stereocenters. The monoisotopic (exact) mass is 814 g/mol. The summed E-state index contributed by atoms with van der Waals surface area (Å²) in [6.45, 7) is 4.48. The van der Waals surface area contributed by atoms with Gasteiger partial charge in [0.15, 0.2) is 6.10 Å². The fourth-order valence-corrected chi connectivity index (χ4v) is 6.55. The first-order chi connectivity index (χ1) is 28.1. The van der Waals surface area contributed by atoms with Crippen molar-refractivity contribution in [3.8, 4) is 0 Å². The van der Waals surface area contributed by atoms with E-state index >= 15 is 0 Å². The first-order valence-corrected chi connectivity index (χ1v) is 23.3. The molecule has 0 aliphatic rings. The Morgan fingerprint density at radius 3 is 1.50 bits per heavy atom. The number of esters is 2. The SMILES string of the molecule is CC/C=C/C/C=C/C/C=C/CCCCCCCCCCCCCC(=O)OCC(COCCC(C(=O)[O-])[N+](C)(C)C)OC(=O)CC/C=C/C/C=C/CCCCCCCC. The van der Waals surface area contributed by atoms with Crippen LogP contribution in [0.25, 0.3) is 0 Å². The molecule has 0 aliphatic carbocycles. The molecular weight excluding hydrogens is 727 g/mol. The molecule has 0 fully saturated rings. The van der Waals surface area contributed by atoms with Crippen molar-refractivity contribution in [2.75, 3.05) is 41.0 Å². The molecule has 0 aromatic heterocycles. The van der Waals surface area contributed by atoms with Crippen LogP contribution in [-0.2, 0) is 28.6 Å². The van der Waals surface area contributed by atoms with E-state index in [4.69, 9.17) is 14.2 Å². The third-order valence-electron chi connectivity index (χ3n) is 10.2. The van der Waals surface area contributed by atoms with Gasteiger partial charge in [-0.15, -0.1) is 0 Å². The van der Waals surface area contributed by atoms with Crippen LogP contribution < -0.4 is 5.11 Å². The molecule has 0 aromatic carbocycles. The minimum Gasteiger partial charge on any atom is -0.544 e. The predicted molar refractivity (Wildman–Crippen MR) is 240 cm³/mol. The quantitative estimate of drug-likeness (QED) is 0.0262. The summed E-state index contributed by atoms with van der Waals surface area (Å²) in [5.41, 5.74) is 0. The lowest BCUT2D eigenvalue weighted by atomic mass is 10.0.